The average molecular weight is 231 g/mol. The predicted molar refractivity (Wildman–Crippen MR) is 41.9 cm³/mol. The summed E-state index contributed by atoms with van der Waals surface area (Å²) in [7, 11) is 0. The third-order valence-electron chi connectivity index (χ3n) is 2.16. The first-order chi connectivity index (χ1) is 4.21. The van der Waals surface area contributed by atoms with Gasteiger partial charge in [0.15, 0.2) is 0 Å². The van der Waals surface area contributed by atoms with Crippen LogP contribution in [0, 0.1) is 0 Å². The maximum absolute atomic E-state index is 11.3. The second-order valence-electron chi connectivity index (χ2n) is 3.36. The summed E-state index contributed by atoms with van der Waals surface area (Å²) < 4.78 is 0. The molecule has 0 aliphatic heterocycles. The molecule has 3 heteroatoms. The zero-order valence-electron chi connectivity index (χ0n) is 7.24. The van der Waals surface area contributed by atoms with Crippen LogP contribution in [0.3, 0.4) is 0 Å². The summed E-state index contributed by atoms with van der Waals surface area (Å²) >= 11 is 0. The molecular weight excluding hydrogens is 216 g/mol. The Balaban J connectivity index is 0. The number of hydrogen-bond donors (Lipinski definition) is 0. The van der Waals surface area contributed by atoms with Crippen molar-refractivity contribution in [3.8, 4) is 0 Å². The molecule has 1 fully saturated rings. The van der Waals surface area contributed by atoms with Gasteiger partial charge in [-0.25, -0.2) is 0 Å². The topological polar surface area (TPSA) is 23.1 Å². The van der Waals surface area contributed by atoms with Gasteiger partial charge in [0, 0.05) is 0 Å². The molecule has 62 valence electrons. The second kappa shape index (κ2) is 6.69. The van der Waals surface area contributed by atoms with E-state index < -0.39 is 5.60 Å². The number of rotatable bonds is 0. The monoisotopic (exact) mass is 230 g/mol. The van der Waals surface area contributed by atoms with E-state index in [9.17, 15) is 5.11 Å². The Morgan fingerprint density at radius 2 is 1.36 bits per heavy atom. The van der Waals surface area contributed by atoms with E-state index in [1.807, 2.05) is 6.92 Å². The molecule has 0 aromatic rings. The summed E-state index contributed by atoms with van der Waals surface area (Å²) in [5.41, 5.74) is -0.587. The first kappa shape index (κ1) is 14.7. The van der Waals surface area contributed by atoms with Crippen molar-refractivity contribution in [1.82, 2.24) is 0 Å². The Labute approximate surface area is 95.9 Å². The van der Waals surface area contributed by atoms with E-state index in [0.29, 0.717) is 0 Å². The standard InChI is InChI=1S/C8H15O.BrH.Mg/c1-8(9)6-4-2-3-5-7-8;;/h2-7H2,1H3;1H;/q-1;;+2/p-1. The van der Waals surface area contributed by atoms with Crippen molar-refractivity contribution in [3.05, 3.63) is 0 Å². The van der Waals surface area contributed by atoms with Gasteiger partial charge in [0.05, 0.1) is 0 Å². The van der Waals surface area contributed by atoms with Gasteiger partial charge in [-0.1, -0.05) is 45.4 Å². The van der Waals surface area contributed by atoms with Gasteiger partial charge in [-0.15, -0.1) is 5.60 Å². The molecule has 1 aliphatic rings. The van der Waals surface area contributed by atoms with Crippen molar-refractivity contribution < 1.29 is 22.1 Å². The van der Waals surface area contributed by atoms with Gasteiger partial charge in [-0.2, -0.15) is 0 Å². The van der Waals surface area contributed by atoms with E-state index >= 15 is 0 Å². The Morgan fingerprint density at radius 3 is 1.73 bits per heavy atom. The van der Waals surface area contributed by atoms with Crippen molar-refractivity contribution in [2.75, 3.05) is 0 Å². The van der Waals surface area contributed by atoms with Gasteiger partial charge in [0.2, 0.25) is 0 Å². The Bertz CT molecular complexity index is 86.1. The Morgan fingerprint density at radius 1 is 1.00 bits per heavy atom. The second-order valence-corrected chi connectivity index (χ2v) is 3.36. The number of hydrogen-bond acceptors (Lipinski definition) is 1. The van der Waals surface area contributed by atoms with E-state index in [1.54, 1.807) is 0 Å². The van der Waals surface area contributed by atoms with Gasteiger partial charge < -0.3 is 22.1 Å². The van der Waals surface area contributed by atoms with Crippen molar-refractivity contribution in [2.24, 2.45) is 0 Å². The molecule has 1 nitrogen and oxygen atoms in total. The van der Waals surface area contributed by atoms with Gasteiger partial charge in [0.1, 0.15) is 0 Å². The number of halogens is 1. The smallest absolute Gasteiger partial charge is 1.00 e. The molecule has 11 heavy (non-hydrogen) atoms. The molecule has 1 aliphatic carbocycles. The molecule has 0 spiro atoms. The van der Waals surface area contributed by atoms with Crippen LogP contribution in [0.25, 0.3) is 0 Å². The SMILES string of the molecule is CC1([O-])CCCCCC1.[Br-].[Mg+2]. The van der Waals surface area contributed by atoms with Gasteiger partial charge >= 0.3 is 23.1 Å². The quantitative estimate of drug-likeness (QED) is 0.352. The first-order valence-electron chi connectivity index (χ1n) is 3.91. The fourth-order valence-corrected chi connectivity index (χ4v) is 1.48. The summed E-state index contributed by atoms with van der Waals surface area (Å²) in [4.78, 5) is 0. The fraction of sp³-hybridized carbons (Fsp3) is 1.00. The van der Waals surface area contributed by atoms with Gasteiger partial charge in [-0.3, -0.25) is 0 Å². The van der Waals surface area contributed by atoms with Crippen molar-refractivity contribution in [3.63, 3.8) is 0 Å². The normalized spacial score (nSPS) is 22.4. The molecule has 0 unspecified atom stereocenters. The van der Waals surface area contributed by atoms with Crippen LogP contribution in [0.4, 0.5) is 0 Å². The molecule has 0 amide bonds. The van der Waals surface area contributed by atoms with Crippen LogP contribution < -0.4 is 22.1 Å². The molecule has 0 bridgehead atoms. The van der Waals surface area contributed by atoms with Crippen molar-refractivity contribution >= 4 is 23.1 Å². The van der Waals surface area contributed by atoms with Crippen LogP contribution in [0.15, 0.2) is 0 Å². The molecule has 0 radical (unpaired) electrons. The van der Waals surface area contributed by atoms with Crippen molar-refractivity contribution in [1.29, 1.82) is 0 Å². The fourth-order valence-electron chi connectivity index (χ4n) is 1.48. The maximum atomic E-state index is 11.3. The summed E-state index contributed by atoms with van der Waals surface area (Å²) in [6.45, 7) is 1.85. The molecule has 0 atom stereocenters. The first-order valence-corrected chi connectivity index (χ1v) is 3.91. The van der Waals surface area contributed by atoms with Crippen molar-refractivity contribution in [2.45, 2.75) is 51.0 Å². The Hall–Kier alpha value is 1.21. The van der Waals surface area contributed by atoms with Crippen LogP contribution in [0.1, 0.15) is 45.4 Å². The van der Waals surface area contributed by atoms with Crippen LogP contribution in [0.5, 0.6) is 0 Å². The van der Waals surface area contributed by atoms with Crippen LogP contribution in [-0.2, 0) is 0 Å². The molecule has 0 N–H and O–H groups in total. The molecule has 1 saturated carbocycles. The van der Waals surface area contributed by atoms with E-state index in [4.69, 9.17) is 0 Å². The zero-order valence-corrected chi connectivity index (χ0v) is 10.2. The average Bonchev–Trinajstić information content (AvgIpc) is 1.92. The van der Waals surface area contributed by atoms with Crippen LogP contribution in [-0.4, -0.2) is 28.7 Å². The minimum atomic E-state index is -0.587. The minimum Gasteiger partial charge on any atom is -1.00 e. The van der Waals surface area contributed by atoms with Crippen LogP contribution >= 0.6 is 0 Å². The summed E-state index contributed by atoms with van der Waals surface area (Å²) in [5, 5.41) is 11.3. The zero-order chi connectivity index (χ0) is 6.74. The van der Waals surface area contributed by atoms with E-state index in [2.05, 4.69) is 0 Å². The third kappa shape index (κ3) is 6.37. The molecule has 0 heterocycles. The summed E-state index contributed by atoms with van der Waals surface area (Å²) in [5.74, 6) is 0. The summed E-state index contributed by atoms with van der Waals surface area (Å²) in [6.07, 6.45) is 6.65. The molecule has 0 saturated heterocycles. The van der Waals surface area contributed by atoms with Gasteiger partial charge in [-0.05, 0) is 0 Å². The summed E-state index contributed by atoms with van der Waals surface area (Å²) in [6, 6.07) is 0. The van der Waals surface area contributed by atoms with Gasteiger partial charge in [0.25, 0.3) is 0 Å². The molecule has 1 rings (SSSR count). The van der Waals surface area contributed by atoms with E-state index in [1.165, 1.54) is 12.8 Å². The molecule has 0 aromatic heterocycles. The minimum absolute atomic E-state index is 0. The van der Waals surface area contributed by atoms with E-state index in [0.717, 1.165) is 25.7 Å². The van der Waals surface area contributed by atoms with E-state index in [-0.39, 0.29) is 40.0 Å². The maximum Gasteiger partial charge on any atom is 2.00 e. The predicted octanol–water partition coefficient (Wildman–Crippen LogP) is -1.92. The largest absolute Gasteiger partial charge is 2.00 e. The Kier molecular flexibility index (Phi) is 8.95. The molecule has 0 aromatic carbocycles. The molecular formula is C8H15BrMgO. The third-order valence-corrected chi connectivity index (χ3v) is 2.16. The van der Waals surface area contributed by atoms with Crippen LogP contribution in [0.2, 0.25) is 0 Å².